The summed E-state index contributed by atoms with van der Waals surface area (Å²) in [5.74, 6) is -1.64. The van der Waals surface area contributed by atoms with Crippen LogP contribution < -0.4 is 16.0 Å². The first-order chi connectivity index (χ1) is 21.0. The molecular formula is C34H44FN5O4. The molecule has 1 saturated carbocycles. The van der Waals surface area contributed by atoms with E-state index in [1.807, 2.05) is 12.1 Å². The molecule has 6 atom stereocenters. The van der Waals surface area contributed by atoms with Crippen LogP contribution >= 0.6 is 0 Å². The number of nitrogens with two attached hydrogens (primary N) is 1. The van der Waals surface area contributed by atoms with Crippen molar-refractivity contribution in [3.8, 4) is 0 Å². The number of carbonyl (C=O) groups excluding carboxylic acids is 3. The van der Waals surface area contributed by atoms with Crippen molar-refractivity contribution in [1.29, 1.82) is 0 Å². The topological polar surface area (TPSA) is 108 Å². The molecule has 3 aliphatic heterocycles. The molecule has 4 fully saturated rings. The van der Waals surface area contributed by atoms with Gasteiger partial charge in [0.25, 0.3) is 0 Å². The summed E-state index contributed by atoms with van der Waals surface area (Å²) in [6.07, 6.45) is 3.81. The van der Waals surface area contributed by atoms with Gasteiger partial charge in [-0.1, -0.05) is 36.4 Å². The van der Waals surface area contributed by atoms with Crippen molar-refractivity contribution in [2.75, 3.05) is 18.0 Å². The van der Waals surface area contributed by atoms with Crippen LogP contribution in [0.5, 0.6) is 0 Å². The van der Waals surface area contributed by atoms with Crippen molar-refractivity contribution >= 4 is 23.6 Å². The monoisotopic (exact) mass is 605 g/mol. The van der Waals surface area contributed by atoms with Gasteiger partial charge in [-0.25, -0.2) is 9.18 Å². The van der Waals surface area contributed by atoms with Gasteiger partial charge >= 0.3 is 6.09 Å². The SMILES string of the molecule is CC(C)(C)OC(=O)N1[C@@H]2CC[C@@H](C2)[C@H]1C(=O)N[C@@H](Cc1ccc(N2CCC3C2CCN3Cc2ccccc2)cc1F)C(N)=O. The van der Waals surface area contributed by atoms with E-state index in [0.29, 0.717) is 17.6 Å². The van der Waals surface area contributed by atoms with E-state index in [4.69, 9.17) is 10.5 Å². The van der Waals surface area contributed by atoms with Gasteiger partial charge < -0.3 is 20.7 Å². The Hall–Kier alpha value is -3.66. The highest BCUT2D eigenvalue weighted by molar-refractivity contribution is 5.91. The Balaban J connectivity index is 1.11. The fraction of sp³-hybridized carbons (Fsp3) is 0.559. The molecule has 3 saturated heterocycles. The van der Waals surface area contributed by atoms with Crippen LogP contribution in [0.15, 0.2) is 48.5 Å². The van der Waals surface area contributed by atoms with Crippen molar-refractivity contribution in [2.45, 2.75) is 102 Å². The lowest BCUT2D eigenvalue weighted by molar-refractivity contribution is -0.132. The zero-order chi connectivity index (χ0) is 31.2. The van der Waals surface area contributed by atoms with Crippen molar-refractivity contribution in [1.82, 2.24) is 15.1 Å². The van der Waals surface area contributed by atoms with Crippen LogP contribution in [0.2, 0.25) is 0 Å². The normalized spacial score (nSPS) is 27.0. The van der Waals surface area contributed by atoms with E-state index >= 15 is 4.39 Å². The van der Waals surface area contributed by atoms with Crippen LogP contribution in [0.4, 0.5) is 14.9 Å². The minimum atomic E-state index is -1.11. The van der Waals surface area contributed by atoms with Gasteiger partial charge in [0.05, 0.1) is 0 Å². The van der Waals surface area contributed by atoms with E-state index in [1.165, 1.54) is 16.5 Å². The first-order valence-electron chi connectivity index (χ1n) is 15.9. The molecule has 2 unspecified atom stereocenters. The largest absolute Gasteiger partial charge is 0.444 e. The average Bonchev–Trinajstić information content (AvgIpc) is 3.76. The third-order valence-electron chi connectivity index (χ3n) is 9.83. The molecule has 44 heavy (non-hydrogen) atoms. The molecule has 2 aromatic carbocycles. The number of amides is 3. The van der Waals surface area contributed by atoms with Gasteiger partial charge in [0.2, 0.25) is 11.8 Å². The van der Waals surface area contributed by atoms with Gasteiger partial charge in [-0.15, -0.1) is 0 Å². The number of piperidine rings is 1. The lowest BCUT2D eigenvalue weighted by Gasteiger charge is -2.36. The quantitative estimate of drug-likeness (QED) is 0.472. The molecule has 10 heteroatoms. The van der Waals surface area contributed by atoms with E-state index < -0.39 is 41.4 Å². The summed E-state index contributed by atoms with van der Waals surface area (Å²) in [7, 11) is 0. The van der Waals surface area contributed by atoms with Crippen molar-refractivity contribution in [3.05, 3.63) is 65.5 Å². The van der Waals surface area contributed by atoms with Crippen LogP contribution in [0, 0.1) is 11.7 Å². The van der Waals surface area contributed by atoms with Gasteiger partial charge in [0.15, 0.2) is 0 Å². The highest BCUT2D eigenvalue weighted by Gasteiger charge is 2.53. The second kappa shape index (κ2) is 12.0. The minimum absolute atomic E-state index is 0.0134. The lowest BCUT2D eigenvalue weighted by atomic mass is 9.97. The van der Waals surface area contributed by atoms with Crippen molar-refractivity contribution in [2.24, 2.45) is 11.7 Å². The van der Waals surface area contributed by atoms with E-state index in [1.54, 1.807) is 26.8 Å². The molecule has 236 valence electrons. The number of halogens is 1. The zero-order valence-corrected chi connectivity index (χ0v) is 25.9. The number of rotatable bonds is 8. The summed E-state index contributed by atoms with van der Waals surface area (Å²) >= 11 is 0. The molecular weight excluding hydrogens is 561 g/mol. The molecule has 0 aromatic heterocycles. The second-order valence-electron chi connectivity index (χ2n) is 13.9. The van der Waals surface area contributed by atoms with E-state index in [9.17, 15) is 14.4 Å². The Kier molecular flexibility index (Phi) is 8.30. The number of nitrogens with one attached hydrogen (secondary N) is 1. The molecule has 9 nitrogen and oxygen atoms in total. The number of fused-ring (bicyclic) bond motifs is 3. The molecule has 0 radical (unpaired) electrons. The van der Waals surface area contributed by atoms with Crippen LogP contribution in [0.25, 0.3) is 0 Å². The molecule has 1 aliphatic carbocycles. The third-order valence-corrected chi connectivity index (χ3v) is 9.83. The van der Waals surface area contributed by atoms with Crippen LogP contribution in [-0.2, 0) is 27.3 Å². The molecule has 2 bridgehead atoms. The number of hydrogen-bond acceptors (Lipinski definition) is 6. The zero-order valence-electron chi connectivity index (χ0n) is 25.9. The average molecular weight is 606 g/mol. The summed E-state index contributed by atoms with van der Waals surface area (Å²) in [6, 6.07) is 14.5. The Bertz CT molecular complexity index is 1400. The number of nitrogens with zero attached hydrogens (tertiary/aromatic N) is 3. The highest BCUT2D eigenvalue weighted by atomic mass is 19.1. The number of ether oxygens (including phenoxy) is 1. The molecule has 3 amide bonds. The Morgan fingerprint density at radius 2 is 1.77 bits per heavy atom. The number of anilines is 1. The maximum absolute atomic E-state index is 15.6. The Labute approximate surface area is 258 Å². The van der Waals surface area contributed by atoms with E-state index in [-0.39, 0.29) is 18.4 Å². The molecule has 0 spiro atoms. The van der Waals surface area contributed by atoms with E-state index in [0.717, 1.165) is 57.4 Å². The Morgan fingerprint density at radius 3 is 2.48 bits per heavy atom. The minimum Gasteiger partial charge on any atom is -0.444 e. The summed E-state index contributed by atoms with van der Waals surface area (Å²) in [5, 5.41) is 2.75. The molecule has 2 aromatic rings. The summed E-state index contributed by atoms with van der Waals surface area (Å²) in [4.78, 5) is 45.3. The summed E-state index contributed by atoms with van der Waals surface area (Å²) in [6.45, 7) is 8.14. The molecule has 4 aliphatic rings. The maximum Gasteiger partial charge on any atom is 0.411 e. The predicted molar refractivity (Wildman–Crippen MR) is 165 cm³/mol. The fourth-order valence-corrected chi connectivity index (χ4v) is 7.89. The molecule has 3 N–H and O–H groups in total. The summed E-state index contributed by atoms with van der Waals surface area (Å²) in [5.41, 5.74) is 7.44. The number of hydrogen-bond donors (Lipinski definition) is 2. The van der Waals surface area contributed by atoms with Crippen LogP contribution in [0.1, 0.15) is 64.0 Å². The number of primary amides is 1. The van der Waals surface area contributed by atoms with Gasteiger partial charge in [0, 0.05) is 49.9 Å². The third kappa shape index (κ3) is 6.14. The lowest BCUT2D eigenvalue weighted by Crippen LogP contribution is -2.57. The standard InChI is InChI=1S/C34H44FN5O4/c1-34(2,3)44-33(43)40-25-12-10-23(17-25)30(40)32(42)37-27(31(36)41)18-22-9-11-24(19-26(22)35)39-16-14-28-29(39)13-15-38(28)20-21-7-5-4-6-8-21/h4-9,11,19,23,25,27-30H,10,12-18,20H2,1-3H3,(H2,36,41)(H,37,42)/t23-,25+,27-,28?,29?,30-/m0/s1. The van der Waals surface area contributed by atoms with Gasteiger partial charge in [-0.3, -0.25) is 19.4 Å². The van der Waals surface area contributed by atoms with Crippen molar-refractivity contribution < 1.29 is 23.5 Å². The summed E-state index contributed by atoms with van der Waals surface area (Å²) < 4.78 is 21.1. The first kappa shape index (κ1) is 30.4. The number of carbonyl (C=O) groups is 3. The van der Waals surface area contributed by atoms with Gasteiger partial charge in [0.1, 0.15) is 23.5 Å². The first-order valence-corrected chi connectivity index (χ1v) is 15.9. The smallest absolute Gasteiger partial charge is 0.411 e. The van der Waals surface area contributed by atoms with Crippen LogP contribution in [-0.4, -0.2) is 76.6 Å². The fourth-order valence-electron chi connectivity index (χ4n) is 7.89. The highest BCUT2D eigenvalue weighted by Crippen LogP contribution is 2.43. The number of benzene rings is 2. The van der Waals surface area contributed by atoms with E-state index in [2.05, 4.69) is 39.4 Å². The molecule has 6 rings (SSSR count). The Morgan fingerprint density at radius 1 is 1.02 bits per heavy atom. The predicted octanol–water partition coefficient (Wildman–Crippen LogP) is 3.98. The second-order valence-corrected chi connectivity index (χ2v) is 13.9. The van der Waals surface area contributed by atoms with Gasteiger partial charge in [-0.2, -0.15) is 0 Å². The van der Waals surface area contributed by atoms with Gasteiger partial charge in [-0.05, 0) is 82.1 Å². The molecule has 3 heterocycles. The van der Waals surface area contributed by atoms with Crippen LogP contribution in [0.3, 0.4) is 0 Å². The van der Waals surface area contributed by atoms with Crippen molar-refractivity contribution in [3.63, 3.8) is 0 Å². The maximum atomic E-state index is 15.6. The number of likely N-dealkylation sites (tertiary alicyclic amines) is 2.